The minimum absolute atomic E-state index is 0.102. The number of fused-ring (bicyclic) bond motifs is 2. The van der Waals surface area contributed by atoms with Gasteiger partial charge in [0.2, 0.25) is 0 Å². The van der Waals surface area contributed by atoms with Crippen molar-refractivity contribution in [2.45, 2.75) is 25.1 Å². The molecule has 1 saturated heterocycles. The lowest BCUT2D eigenvalue weighted by Gasteiger charge is -2.43. The van der Waals surface area contributed by atoms with E-state index in [1.807, 2.05) is 36.4 Å². The van der Waals surface area contributed by atoms with Crippen LogP contribution in [-0.4, -0.2) is 41.3 Å². The molecule has 1 amide bonds. The molecule has 4 rings (SSSR count). The molecule has 1 aromatic heterocycles. The number of aromatic nitrogens is 1. The fraction of sp³-hybridized carbons (Fsp3) is 0.300. The van der Waals surface area contributed by atoms with Crippen molar-refractivity contribution < 1.29 is 14.3 Å². The molecule has 0 spiro atoms. The highest BCUT2D eigenvalue weighted by Gasteiger charge is 2.39. The molecular formula is C20H18Cl2N2O3. The van der Waals surface area contributed by atoms with Gasteiger partial charge in [-0.1, -0.05) is 59.6 Å². The third kappa shape index (κ3) is 3.95. The van der Waals surface area contributed by atoms with Crippen LogP contribution in [0.15, 0.2) is 48.7 Å². The predicted octanol–water partition coefficient (Wildman–Crippen LogP) is 4.58. The molecule has 2 bridgehead atoms. The molecule has 1 aromatic carbocycles. The Bertz CT molecular complexity index is 873. The van der Waals surface area contributed by atoms with Crippen molar-refractivity contribution in [3.8, 4) is 0 Å². The maximum absolute atomic E-state index is 12.7. The van der Waals surface area contributed by atoms with E-state index in [2.05, 4.69) is 4.98 Å². The zero-order valence-corrected chi connectivity index (χ0v) is 16.0. The first-order valence-corrected chi connectivity index (χ1v) is 9.46. The number of benzene rings is 1. The lowest BCUT2D eigenvalue weighted by molar-refractivity contribution is -0.0342. The Labute approximate surface area is 167 Å². The van der Waals surface area contributed by atoms with Crippen LogP contribution in [0.5, 0.6) is 0 Å². The number of morpholine rings is 1. The van der Waals surface area contributed by atoms with E-state index in [4.69, 9.17) is 32.7 Å². The van der Waals surface area contributed by atoms with Crippen LogP contribution in [-0.2, 0) is 16.1 Å². The molecule has 2 unspecified atom stereocenters. The van der Waals surface area contributed by atoms with E-state index >= 15 is 0 Å². The fourth-order valence-corrected chi connectivity index (χ4v) is 3.92. The highest BCUT2D eigenvalue weighted by Crippen LogP contribution is 2.36. The first kappa shape index (κ1) is 18.3. The second-order valence-electron chi connectivity index (χ2n) is 6.59. The molecule has 5 nitrogen and oxygen atoms in total. The third-order valence-electron chi connectivity index (χ3n) is 4.78. The van der Waals surface area contributed by atoms with Crippen LogP contribution < -0.4 is 0 Å². The topological polar surface area (TPSA) is 51.7 Å². The molecule has 2 aliphatic rings. The first-order chi connectivity index (χ1) is 13.1. The number of ether oxygens (including phenoxy) is 2. The van der Waals surface area contributed by atoms with E-state index in [0.717, 1.165) is 16.7 Å². The summed E-state index contributed by atoms with van der Waals surface area (Å²) in [5.41, 5.74) is 2.86. The van der Waals surface area contributed by atoms with Crippen LogP contribution in [0.2, 0.25) is 10.2 Å². The number of carbonyl (C=O) groups excluding carboxylic acids is 1. The number of rotatable bonds is 3. The van der Waals surface area contributed by atoms with Gasteiger partial charge in [-0.25, -0.2) is 9.78 Å². The molecule has 2 atom stereocenters. The van der Waals surface area contributed by atoms with E-state index in [1.54, 1.807) is 17.2 Å². The summed E-state index contributed by atoms with van der Waals surface area (Å²) in [7, 11) is 0. The van der Waals surface area contributed by atoms with Crippen LogP contribution in [0.1, 0.15) is 17.5 Å². The number of amides is 1. The molecule has 0 N–H and O–H groups in total. The van der Waals surface area contributed by atoms with Crippen LogP contribution in [0, 0.1) is 0 Å². The Hall–Kier alpha value is -2.08. The van der Waals surface area contributed by atoms with Crippen molar-refractivity contribution in [3.05, 3.63) is 70.0 Å². The fourth-order valence-electron chi connectivity index (χ4n) is 3.53. The lowest BCUT2D eigenvalue weighted by Crippen LogP contribution is -2.56. The van der Waals surface area contributed by atoms with Gasteiger partial charge >= 0.3 is 6.09 Å². The largest absolute Gasteiger partial charge is 0.445 e. The number of hydrogen-bond acceptors (Lipinski definition) is 4. The van der Waals surface area contributed by atoms with Crippen molar-refractivity contribution in [3.63, 3.8) is 0 Å². The smallest absolute Gasteiger partial charge is 0.411 e. The molecule has 0 aliphatic carbocycles. The van der Waals surface area contributed by atoms with E-state index in [1.165, 1.54) is 0 Å². The monoisotopic (exact) mass is 404 g/mol. The molecule has 7 heteroatoms. The normalized spacial score (nSPS) is 21.6. The summed E-state index contributed by atoms with van der Waals surface area (Å²) in [6.45, 7) is 1.14. The zero-order valence-electron chi connectivity index (χ0n) is 14.5. The number of pyridine rings is 1. The van der Waals surface area contributed by atoms with Crippen LogP contribution in [0.25, 0.3) is 5.57 Å². The molecule has 1 fully saturated rings. The molecule has 2 aliphatic heterocycles. The zero-order chi connectivity index (χ0) is 18.8. The van der Waals surface area contributed by atoms with Crippen molar-refractivity contribution >= 4 is 34.9 Å². The predicted molar refractivity (Wildman–Crippen MR) is 104 cm³/mol. The van der Waals surface area contributed by atoms with E-state index in [0.29, 0.717) is 29.8 Å². The summed E-state index contributed by atoms with van der Waals surface area (Å²) in [5.74, 6) is 0. The standard InChI is InChI=1S/C20H18Cl2N2O3/c21-18-9-23-19(22)8-17(18)14-6-15-11-26-12-16(7-14)24(15)20(25)27-10-13-4-2-1-3-5-13/h1-6,8-9,15-16H,7,10-12H2. The highest BCUT2D eigenvalue weighted by atomic mass is 35.5. The molecule has 27 heavy (non-hydrogen) atoms. The maximum atomic E-state index is 12.7. The average molecular weight is 405 g/mol. The molecular weight excluding hydrogens is 387 g/mol. The Morgan fingerprint density at radius 3 is 2.85 bits per heavy atom. The third-order valence-corrected chi connectivity index (χ3v) is 5.29. The molecule has 140 valence electrons. The second-order valence-corrected chi connectivity index (χ2v) is 7.38. The number of nitrogens with zero attached hydrogens (tertiary/aromatic N) is 2. The van der Waals surface area contributed by atoms with Gasteiger partial charge in [0.15, 0.2) is 0 Å². The number of halogens is 2. The Balaban J connectivity index is 1.53. The maximum Gasteiger partial charge on any atom is 0.411 e. The summed E-state index contributed by atoms with van der Waals surface area (Å²) < 4.78 is 11.2. The summed E-state index contributed by atoms with van der Waals surface area (Å²) in [6.07, 6.45) is 3.85. The number of carbonyl (C=O) groups is 1. The van der Waals surface area contributed by atoms with Gasteiger partial charge in [-0.2, -0.15) is 0 Å². The van der Waals surface area contributed by atoms with Gasteiger partial charge < -0.3 is 9.47 Å². The molecule has 0 saturated carbocycles. The van der Waals surface area contributed by atoms with Gasteiger partial charge in [0.25, 0.3) is 0 Å². The quantitative estimate of drug-likeness (QED) is 0.702. The van der Waals surface area contributed by atoms with Gasteiger partial charge in [-0.05, 0) is 23.6 Å². The van der Waals surface area contributed by atoms with Crippen LogP contribution in [0.3, 0.4) is 0 Å². The van der Waals surface area contributed by atoms with E-state index in [-0.39, 0.29) is 24.8 Å². The SMILES string of the molecule is O=C(OCc1ccccc1)N1C2C=C(c3cc(Cl)ncc3Cl)CC1COC2. The van der Waals surface area contributed by atoms with Gasteiger partial charge in [-0.15, -0.1) is 0 Å². The van der Waals surface area contributed by atoms with Gasteiger partial charge in [0, 0.05) is 11.8 Å². The van der Waals surface area contributed by atoms with Crippen LogP contribution in [0.4, 0.5) is 4.79 Å². The molecule has 2 aromatic rings. The summed E-state index contributed by atoms with van der Waals surface area (Å²) >= 11 is 12.3. The highest BCUT2D eigenvalue weighted by molar-refractivity contribution is 6.33. The average Bonchev–Trinajstić information content (AvgIpc) is 2.68. The summed E-state index contributed by atoms with van der Waals surface area (Å²) in [4.78, 5) is 18.5. The van der Waals surface area contributed by atoms with E-state index < -0.39 is 0 Å². The lowest BCUT2D eigenvalue weighted by atomic mass is 9.90. The van der Waals surface area contributed by atoms with Crippen LogP contribution >= 0.6 is 23.2 Å². The summed E-state index contributed by atoms with van der Waals surface area (Å²) in [6, 6.07) is 11.1. The number of hydrogen-bond donors (Lipinski definition) is 0. The minimum atomic E-state index is -0.327. The first-order valence-electron chi connectivity index (χ1n) is 8.70. The Morgan fingerprint density at radius 1 is 1.26 bits per heavy atom. The van der Waals surface area contributed by atoms with Gasteiger partial charge in [0.05, 0.1) is 30.3 Å². The van der Waals surface area contributed by atoms with E-state index in [9.17, 15) is 4.79 Å². The summed E-state index contributed by atoms with van der Waals surface area (Å²) in [5, 5.41) is 0.936. The van der Waals surface area contributed by atoms with Crippen molar-refractivity contribution in [2.75, 3.05) is 13.2 Å². The Morgan fingerprint density at radius 2 is 2.07 bits per heavy atom. The van der Waals surface area contributed by atoms with Crippen molar-refractivity contribution in [2.24, 2.45) is 0 Å². The van der Waals surface area contributed by atoms with Gasteiger partial charge in [-0.3, -0.25) is 4.90 Å². The second kappa shape index (κ2) is 7.89. The molecule has 3 heterocycles. The minimum Gasteiger partial charge on any atom is -0.445 e. The van der Waals surface area contributed by atoms with Crippen molar-refractivity contribution in [1.82, 2.24) is 9.88 Å². The molecule has 0 radical (unpaired) electrons. The van der Waals surface area contributed by atoms with Gasteiger partial charge in [0.1, 0.15) is 11.8 Å². The van der Waals surface area contributed by atoms with Crippen molar-refractivity contribution in [1.29, 1.82) is 0 Å². The Kier molecular flexibility index (Phi) is 5.34.